The van der Waals surface area contributed by atoms with Gasteiger partial charge in [0.05, 0.1) is 11.1 Å². The minimum Gasteiger partial charge on any atom is -0.338 e. The van der Waals surface area contributed by atoms with Crippen molar-refractivity contribution in [3.05, 3.63) is 51.5 Å². The molecule has 1 N–H and O–H groups in total. The summed E-state index contributed by atoms with van der Waals surface area (Å²) >= 11 is 9.49. The molecule has 0 spiro atoms. The number of nitriles is 1. The molecule has 0 aliphatic rings. The van der Waals surface area contributed by atoms with Crippen LogP contribution < -0.4 is 0 Å². The standard InChI is InChI=1S/C14H7BrClN3/c15-11-5-4-9(16)6-10(11)14-18-12-3-1-2-8(7-17)13(12)19-14/h1-6H,(H,18,19). The van der Waals surface area contributed by atoms with Gasteiger partial charge in [0, 0.05) is 15.1 Å². The van der Waals surface area contributed by atoms with Crippen molar-refractivity contribution >= 4 is 38.6 Å². The number of para-hydroxylation sites is 1. The molecule has 2 aromatic carbocycles. The van der Waals surface area contributed by atoms with Crippen LogP contribution in [-0.2, 0) is 0 Å². The molecule has 0 aliphatic heterocycles. The average Bonchev–Trinajstić information content (AvgIpc) is 2.85. The van der Waals surface area contributed by atoms with Crippen molar-refractivity contribution in [2.45, 2.75) is 0 Å². The van der Waals surface area contributed by atoms with E-state index in [1.54, 1.807) is 12.1 Å². The van der Waals surface area contributed by atoms with Gasteiger partial charge in [0.2, 0.25) is 0 Å². The molecule has 0 fully saturated rings. The molecule has 3 nitrogen and oxygen atoms in total. The summed E-state index contributed by atoms with van der Waals surface area (Å²) in [5.41, 5.74) is 2.93. The molecule has 0 aliphatic carbocycles. The third-order valence-electron chi connectivity index (χ3n) is 2.82. The Labute approximate surface area is 123 Å². The third-order valence-corrected chi connectivity index (χ3v) is 3.74. The maximum atomic E-state index is 9.08. The number of aromatic amines is 1. The van der Waals surface area contributed by atoms with E-state index in [1.807, 2.05) is 24.3 Å². The molecule has 0 bridgehead atoms. The lowest BCUT2D eigenvalue weighted by Crippen LogP contribution is -1.82. The van der Waals surface area contributed by atoms with Crippen LogP contribution in [0.4, 0.5) is 0 Å². The Kier molecular flexibility index (Phi) is 3.02. The number of H-pyrrole nitrogens is 1. The number of aromatic nitrogens is 2. The van der Waals surface area contributed by atoms with Gasteiger partial charge in [-0.2, -0.15) is 5.26 Å². The second-order valence-electron chi connectivity index (χ2n) is 4.02. The van der Waals surface area contributed by atoms with Crippen molar-refractivity contribution in [3.8, 4) is 17.5 Å². The highest BCUT2D eigenvalue weighted by Gasteiger charge is 2.11. The van der Waals surface area contributed by atoms with Gasteiger partial charge in [-0.05, 0) is 30.3 Å². The zero-order valence-corrected chi connectivity index (χ0v) is 12.0. The van der Waals surface area contributed by atoms with E-state index in [0.29, 0.717) is 21.9 Å². The number of nitrogens with zero attached hydrogens (tertiary/aromatic N) is 2. The largest absolute Gasteiger partial charge is 0.338 e. The fraction of sp³-hybridized carbons (Fsp3) is 0. The van der Waals surface area contributed by atoms with Crippen molar-refractivity contribution in [3.63, 3.8) is 0 Å². The Bertz CT molecular complexity index is 817. The van der Waals surface area contributed by atoms with Gasteiger partial charge in [0.25, 0.3) is 0 Å². The van der Waals surface area contributed by atoms with E-state index < -0.39 is 0 Å². The van der Waals surface area contributed by atoms with Crippen LogP contribution in [0.3, 0.4) is 0 Å². The van der Waals surface area contributed by atoms with E-state index in [-0.39, 0.29) is 0 Å². The summed E-state index contributed by atoms with van der Waals surface area (Å²) < 4.78 is 0.898. The Balaban J connectivity index is 2.27. The molecule has 0 amide bonds. The number of fused-ring (bicyclic) bond motifs is 1. The number of hydrogen-bond acceptors (Lipinski definition) is 2. The van der Waals surface area contributed by atoms with E-state index in [4.69, 9.17) is 16.9 Å². The first kappa shape index (κ1) is 12.2. The molecule has 0 saturated heterocycles. The molecule has 0 unspecified atom stereocenters. The first-order valence-electron chi connectivity index (χ1n) is 5.53. The van der Waals surface area contributed by atoms with Gasteiger partial charge in [0.1, 0.15) is 17.4 Å². The summed E-state index contributed by atoms with van der Waals surface area (Å²) in [6.45, 7) is 0. The summed E-state index contributed by atoms with van der Waals surface area (Å²) in [6, 6.07) is 13.1. The fourth-order valence-electron chi connectivity index (χ4n) is 1.93. The van der Waals surface area contributed by atoms with Crippen molar-refractivity contribution in [1.82, 2.24) is 9.97 Å². The summed E-state index contributed by atoms with van der Waals surface area (Å²) in [6.07, 6.45) is 0. The monoisotopic (exact) mass is 331 g/mol. The quantitative estimate of drug-likeness (QED) is 0.712. The minimum absolute atomic E-state index is 0.554. The Hall–Kier alpha value is -1.83. The van der Waals surface area contributed by atoms with E-state index >= 15 is 0 Å². The molecular weight excluding hydrogens is 326 g/mol. The van der Waals surface area contributed by atoms with Crippen LogP contribution in [0, 0.1) is 11.3 Å². The highest BCUT2D eigenvalue weighted by atomic mass is 79.9. The van der Waals surface area contributed by atoms with Gasteiger partial charge in [-0.1, -0.05) is 33.6 Å². The van der Waals surface area contributed by atoms with Crippen molar-refractivity contribution in [2.75, 3.05) is 0 Å². The summed E-state index contributed by atoms with van der Waals surface area (Å²) in [5.74, 6) is 0.687. The van der Waals surface area contributed by atoms with Crippen LogP contribution in [0.2, 0.25) is 5.02 Å². The lowest BCUT2D eigenvalue weighted by Gasteiger charge is -2.00. The molecule has 0 atom stereocenters. The molecular formula is C14H7BrClN3. The van der Waals surface area contributed by atoms with Gasteiger partial charge >= 0.3 is 0 Å². The van der Waals surface area contributed by atoms with Gasteiger partial charge in [-0.15, -0.1) is 0 Å². The zero-order chi connectivity index (χ0) is 13.4. The molecule has 1 heterocycles. The van der Waals surface area contributed by atoms with Gasteiger partial charge in [-0.25, -0.2) is 4.98 Å². The van der Waals surface area contributed by atoms with Crippen LogP contribution in [0.1, 0.15) is 5.56 Å². The average molecular weight is 333 g/mol. The molecule has 92 valence electrons. The van der Waals surface area contributed by atoms with Crippen molar-refractivity contribution in [1.29, 1.82) is 5.26 Å². The van der Waals surface area contributed by atoms with E-state index in [2.05, 4.69) is 32.0 Å². The van der Waals surface area contributed by atoms with Gasteiger partial charge < -0.3 is 4.98 Å². The molecule has 1 aromatic heterocycles. The lowest BCUT2D eigenvalue weighted by molar-refractivity contribution is 1.33. The van der Waals surface area contributed by atoms with Crippen molar-refractivity contribution in [2.24, 2.45) is 0 Å². The Morgan fingerprint density at radius 3 is 2.89 bits per heavy atom. The van der Waals surface area contributed by atoms with Crippen molar-refractivity contribution < 1.29 is 0 Å². The van der Waals surface area contributed by atoms with E-state index in [0.717, 1.165) is 15.6 Å². The summed E-state index contributed by atoms with van der Waals surface area (Å²) in [5, 5.41) is 9.72. The molecule has 3 rings (SSSR count). The molecule has 0 radical (unpaired) electrons. The second kappa shape index (κ2) is 4.69. The summed E-state index contributed by atoms with van der Waals surface area (Å²) in [4.78, 5) is 7.69. The SMILES string of the molecule is N#Cc1cccc2[nH]c(-c3cc(Cl)ccc3Br)nc12. The van der Waals surface area contributed by atoms with Crippen LogP contribution in [0.15, 0.2) is 40.9 Å². The van der Waals surface area contributed by atoms with Crippen LogP contribution in [0.5, 0.6) is 0 Å². The predicted molar refractivity (Wildman–Crippen MR) is 79.0 cm³/mol. The highest BCUT2D eigenvalue weighted by Crippen LogP contribution is 2.30. The molecule has 5 heteroatoms. The maximum absolute atomic E-state index is 9.08. The van der Waals surface area contributed by atoms with Gasteiger partial charge in [-0.3, -0.25) is 0 Å². The molecule has 3 aromatic rings. The second-order valence-corrected chi connectivity index (χ2v) is 5.31. The van der Waals surface area contributed by atoms with Gasteiger partial charge in [0.15, 0.2) is 0 Å². The highest BCUT2D eigenvalue weighted by molar-refractivity contribution is 9.10. The maximum Gasteiger partial charge on any atom is 0.139 e. The first-order valence-corrected chi connectivity index (χ1v) is 6.70. The number of imidazole rings is 1. The fourth-order valence-corrected chi connectivity index (χ4v) is 2.54. The summed E-state index contributed by atoms with van der Waals surface area (Å²) in [7, 11) is 0. The van der Waals surface area contributed by atoms with E-state index in [1.165, 1.54) is 0 Å². The number of halogens is 2. The van der Waals surface area contributed by atoms with E-state index in [9.17, 15) is 0 Å². The van der Waals surface area contributed by atoms with Crippen LogP contribution in [0.25, 0.3) is 22.4 Å². The topological polar surface area (TPSA) is 52.5 Å². The lowest BCUT2D eigenvalue weighted by atomic mass is 10.2. The smallest absolute Gasteiger partial charge is 0.139 e. The predicted octanol–water partition coefficient (Wildman–Crippen LogP) is 4.52. The Morgan fingerprint density at radius 1 is 1.26 bits per heavy atom. The number of benzene rings is 2. The molecule has 19 heavy (non-hydrogen) atoms. The number of nitrogens with one attached hydrogen (secondary N) is 1. The molecule has 0 saturated carbocycles. The number of rotatable bonds is 1. The van der Waals surface area contributed by atoms with Crippen LogP contribution in [-0.4, -0.2) is 9.97 Å². The zero-order valence-electron chi connectivity index (χ0n) is 9.61. The number of hydrogen-bond donors (Lipinski definition) is 1. The minimum atomic E-state index is 0.554. The van der Waals surface area contributed by atoms with Crippen LogP contribution >= 0.6 is 27.5 Å². The Morgan fingerprint density at radius 2 is 2.11 bits per heavy atom. The first-order chi connectivity index (χ1) is 9.19. The third kappa shape index (κ3) is 2.12. The normalized spacial score (nSPS) is 10.6.